The fourth-order valence-corrected chi connectivity index (χ4v) is 2.54. The van der Waals surface area contributed by atoms with Gasteiger partial charge in [0.15, 0.2) is 0 Å². The van der Waals surface area contributed by atoms with E-state index in [1.165, 1.54) is 6.92 Å². The van der Waals surface area contributed by atoms with E-state index in [1.54, 1.807) is 0 Å². The summed E-state index contributed by atoms with van der Waals surface area (Å²) in [5, 5.41) is 5.74. The standard InChI is InChI=1S/C12H21BrN2O2/c1-9(16)14-8-2-3-12(17)15-11-6-4-10(13)5-7-11/h10-11H,2-8H2,1H3,(H,14,16)(H,15,17)/t10-,11+. The molecule has 1 saturated carbocycles. The van der Waals surface area contributed by atoms with E-state index in [9.17, 15) is 9.59 Å². The Morgan fingerprint density at radius 3 is 2.47 bits per heavy atom. The molecule has 0 radical (unpaired) electrons. The molecular formula is C12H21BrN2O2. The van der Waals surface area contributed by atoms with Crippen molar-refractivity contribution in [3.63, 3.8) is 0 Å². The SMILES string of the molecule is CC(=O)NCCCC(=O)N[C@H]1CC[C@@H](Br)CC1. The van der Waals surface area contributed by atoms with Crippen LogP contribution in [0.4, 0.5) is 0 Å². The highest BCUT2D eigenvalue weighted by Gasteiger charge is 2.20. The Hall–Kier alpha value is -0.580. The molecule has 5 heteroatoms. The Balaban J connectivity index is 2.06. The smallest absolute Gasteiger partial charge is 0.220 e. The second-order valence-electron chi connectivity index (χ2n) is 4.60. The third-order valence-corrected chi connectivity index (χ3v) is 3.89. The average molecular weight is 305 g/mol. The first-order valence-corrected chi connectivity index (χ1v) is 7.17. The lowest BCUT2D eigenvalue weighted by Gasteiger charge is -2.26. The molecule has 4 nitrogen and oxygen atoms in total. The van der Waals surface area contributed by atoms with Gasteiger partial charge in [-0.15, -0.1) is 0 Å². The zero-order valence-electron chi connectivity index (χ0n) is 10.3. The Kier molecular flexibility index (Phi) is 6.55. The molecule has 17 heavy (non-hydrogen) atoms. The summed E-state index contributed by atoms with van der Waals surface area (Å²) in [5.74, 6) is 0.0643. The van der Waals surface area contributed by atoms with Crippen LogP contribution < -0.4 is 10.6 Å². The maximum Gasteiger partial charge on any atom is 0.220 e. The third kappa shape index (κ3) is 6.66. The Bertz CT molecular complexity index is 263. The molecule has 98 valence electrons. The van der Waals surface area contributed by atoms with E-state index in [0.717, 1.165) is 25.7 Å². The van der Waals surface area contributed by atoms with Gasteiger partial charge in [0.2, 0.25) is 11.8 Å². The molecule has 0 bridgehead atoms. The molecule has 1 aliphatic rings. The van der Waals surface area contributed by atoms with Gasteiger partial charge in [-0.2, -0.15) is 0 Å². The van der Waals surface area contributed by atoms with Crippen molar-refractivity contribution in [2.75, 3.05) is 6.54 Å². The molecule has 0 aromatic rings. The summed E-state index contributed by atoms with van der Waals surface area (Å²) in [7, 11) is 0. The number of halogens is 1. The number of carbonyl (C=O) groups excluding carboxylic acids is 2. The van der Waals surface area contributed by atoms with Crippen LogP contribution in [0, 0.1) is 0 Å². The molecule has 1 fully saturated rings. The first-order chi connectivity index (χ1) is 8.08. The van der Waals surface area contributed by atoms with E-state index in [-0.39, 0.29) is 11.8 Å². The Morgan fingerprint density at radius 1 is 1.24 bits per heavy atom. The molecule has 1 aliphatic carbocycles. The van der Waals surface area contributed by atoms with Crippen molar-refractivity contribution >= 4 is 27.7 Å². The van der Waals surface area contributed by atoms with E-state index in [0.29, 0.717) is 30.3 Å². The van der Waals surface area contributed by atoms with Gasteiger partial charge in [-0.25, -0.2) is 0 Å². The molecule has 0 aromatic heterocycles. The summed E-state index contributed by atoms with van der Waals surface area (Å²) in [6, 6.07) is 0.345. The second kappa shape index (κ2) is 7.69. The molecular weight excluding hydrogens is 284 g/mol. The minimum absolute atomic E-state index is 0.0407. The first-order valence-electron chi connectivity index (χ1n) is 6.26. The third-order valence-electron chi connectivity index (χ3n) is 2.98. The Labute approximate surface area is 111 Å². The molecule has 2 N–H and O–H groups in total. The van der Waals surface area contributed by atoms with Crippen LogP contribution in [-0.2, 0) is 9.59 Å². The van der Waals surface area contributed by atoms with Gasteiger partial charge in [0.1, 0.15) is 0 Å². The quantitative estimate of drug-likeness (QED) is 0.600. The highest BCUT2D eigenvalue weighted by atomic mass is 79.9. The number of alkyl halides is 1. The zero-order valence-corrected chi connectivity index (χ0v) is 11.9. The van der Waals surface area contributed by atoms with Crippen LogP contribution in [0.25, 0.3) is 0 Å². The highest BCUT2D eigenvalue weighted by molar-refractivity contribution is 9.09. The van der Waals surface area contributed by atoms with E-state index < -0.39 is 0 Å². The van der Waals surface area contributed by atoms with Crippen LogP contribution >= 0.6 is 15.9 Å². The van der Waals surface area contributed by atoms with Crippen LogP contribution in [0.1, 0.15) is 45.4 Å². The second-order valence-corrected chi connectivity index (χ2v) is 5.90. The Morgan fingerprint density at radius 2 is 1.88 bits per heavy atom. The molecule has 2 amide bonds. The van der Waals surface area contributed by atoms with Crippen molar-refractivity contribution in [1.82, 2.24) is 10.6 Å². The van der Waals surface area contributed by atoms with Crippen molar-refractivity contribution in [3.8, 4) is 0 Å². The van der Waals surface area contributed by atoms with Crippen LogP contribution in [0.15, 0.2) is 0 Å². The molecule has 0 aliphatic heterocycles. The minimum atomic E-state index is -0.0407. The summed E-state index contributed by atoms with van der Waals surface area (Å²) in [4.78, 5) is 22.8. The fraction of sp³-hybridized carbons (Fsp3) is 0.833. The number of hydrogen-bond acceptors (Lipinski definition) is 2. The van der Waals surface area contributed by atoms with Crippen LogP contribution in [0.2, 0.25) is 0 Å². The van der Waals surface area contributed by atoms with Crippen molar-refractivity contribution in [2.24, 2.45) is 0 Å². The minimum Gasteiger partial charge on any atom is -0.356 e. The molecule has 0 unspecified atom stereocenters. The topological polar surface area (TPSA) is 58.2 Å². The number of amides is 2. The molecule has 1 rings (SSSR count). The number of hydrogen-bond donors (Lipinski definition) is 2. The van der Waals surface area contributed by atoms with Crippen LogP contribution in [0.5, 0.6) is 0 Å². The van der Waals surface area contributed by atoms with Gasteiger partial charge in [-0.3, -0.25) is 9.59 Å². The van der Waals surface area contributed by atoms with Crippen molar-refractivity contribution in [2.45, 2.75) is 56.3 Å². The van der Waals surface area contributed by atoms with Crippen molar-refractivity contribution < 1.29 is 9.59 Å². The molecule has 0 atom stereocenters. The zero-order chi connectivity index (χ0) is 12.7. The maximum absolute atomic E-state index is 11.6. The van der Waals surface area contributed by atoms with Gasteiger partial charge < -0.3 is 10.6 Å². The first kappa shape index (κ1) is 14.5. The van der Waals surface area contributed by atoms with Crippen LogP contribution in [-0.4, -0.2) is 29.2 Å². The monoisotopic (exact) mass is 304 g/mol. The average Bonchev–Trinajstić information content (AvgIpc) is 2.27. The lowest BCUT2D eigenvalue weighted by Crippen LogP contribution is -2.38. The van der Waals surface area contributed by atoms with Crippen molar-refractivity contribution in [1.29, 1.82) is 0 Å². The van der Waals surface area contributed by atoms with E-state index in [1.807, 2.05) is 0 Å². The van der Waals surface area contributed by atoms with E-state index >= 15 is 0 Å². The van der Waals surface area contributed by atoms with Gasteiger partial charge >= 0.3 is 0 Å². The summed E-state index contributed by atoms with van der Waals surface area (Å²) < 4.78 is 0. The number of nitrogens with one attached hydrogen (secondary N) is 2. The lowest BCUT2D eigenvalue weighted by atomic mass is 9.95. The van der Waals surface area contributed by atoms with Gasteiger partial charge in [0.05, 0.1) is 0 Å². The normalized spacial score (nSPS) is 24.1. The summed E-state index contributed by atoms with van der Waals surface area (Å²) >= 11 is 3.59. The number of carbonyl (C=O) groups is 2. The predicted molar refractivity (Wildman–Crippen MR) is 71.0 cm³/mol. The maximum atomic E-state index is 11.6. The molecule has 0 heterocycles. The molecule has 0 saturated heterocycles. The number of rotatable bonds is 5. The van der Waals surface area contributed by atoms with Crippen LogP contribution in [0.3, 0.4) is 0 Å². The highest BCUT2D eigenvalue weighted by Crippen LogP contribution is 2.24. The lowest BCUT2D eigenvalue weighted by molar-refractivity contribution is -0.122. The summed E-state index contributed by atoms with van der Waals surface area (Å²) in [6.45, 7) is 2.07. The van der Waals surface area contributed by atoms with E-state index in [4.69, 9.17) is 0 Å². The van der Waals surface area contributed by atoms with Gasteiger partial charge in [-0.05, 0) is 32.1 Å². The van der Waals surface area contributed by atoms with E-state index in [2.05, 4.69) is 26.6 Å². The van der Waals surface area contributed by atoms with Gasteiger partial charge in [0.25, 0.3) is 0 Å². The summed E-state index contributed by atoms with van der Waals surface area (Å²) in [5.41, 5.74) is 0. The summed E-state index contributed by atoms with van der Waals surface area (Å²) in [6.07, 6.45) is 5.60. The van der Waals surface area contributed by atoms with Gasteiger partial charge in [-0.1, -0.05) is 15.9 Å². The molecule has 0 spiro atoms. The largest absolute Gasteiger partial charge is 0.356 e. The van der Waals surface area contributed by atoms with Gasteiger partial charge in [0, 0.05) is 30.8 Å². The molecule has 0 aromatic carbocycles. The predicted octanol–water partition coefficient (Wildman–Crippen LogP) is 1.72. The van der Waals surface area contributed by atoms with Crippen molar-refractivity contribution in [3.05, 3.63) is 0 Å². The fourth-order valence-electron chi connectivity index (χ4n) is 2.01.